The summed E-state index contributed by atoms with van der Waals surface area (Å²) in [6.45, 7) is 4.33. The van der Waals surface area contributed by atoms with E-state index in [1.165, 1.54) is 36.0 Å². The van der Waals surface area contributed by atoms with Crippen molar-refractivity contribution in [2.75, 3.05) is 0 Å². The van der Waals surface area contributed by atoms with Crippen LogP contribution in [0.2, 0.25) is 0 Å². The Hall–Kier alpha value is -0.820. The van der Waals surface area contributed by atoms with Crippen LogP contribution in [-0.4, -0.2) is 6.04 Å². The van der Waals surface area contributed by atoms with Gasteiger partial charge in [-0.1, -0.05) is 35.7 Å². The normalized spacial score (nSPS) is 26.8. The minimum Gasteiger partial charge on any atom is -0.327 e. The molecule has 0 spiro atoms. The molecule has 76 valence electrons. The maximum Gasteiger partial charge on any atom is 0.0108 e. The molecule has 1 aromatic rings. The minimum absolute atomic E-state index is 0.385. The van der Waals surface area contributed by atoms with Gasteiger partial charge >= 0.3 is 0 Å². The molecule has 1 aromatic carbocycles. The van der Waals surface area contributed by atoms with Crippen molar-refractivity contribution in [2.45, 2.75) is 45.1 Å². The van der Waals surface area contributed by atoms with Crippen molar-refractivity contribution in [2.24, 2.45) is 5.73 Å². The Kier molecular flexibility index (Phi) is 2.60. The summed E-state index contributed by atoms with van der Waals surface area (Å²) < 4.78 is 0. The fraction of sp³-hybridized carbons (Fsp3) is 0.538. The van der Waals surface area contributed by atoms with Crippen LogP contribution in [0.15, 0.2) is 18.2 Å². The van der Waals surface area contributed by atoms with Crippen molar-refractivity contribution in [3.05, 3.63) is 34.9 Å². The van der Waals surface area contributed by atoms with Gasteiger partial charge < -0.3 is 5.73 Å². The number of aryl methyl sites for hydroxylation is 2. The molecule has 2 N–H and O–H groups in total. The molecule has 14 heavy (non-hydrogen) atoms. The fourth-order valence-corrected chi connectivity index (χ4v) is 2.63. The van der Waals surface area contributed by atoms with Crippen LogP contribution in [0.1, 0.15) is 41.9 Å². The summed E-state index contributed by atoms with van der Waals surface area (Å²) in [5.74, 6) is 0.605. The van der Waals surface area contributed by atoms with Gasteiger partial charge in [-0.2, -0.15) is 0 Å². The summed E-state index contributed by atoms with van der Waals surface area (Å²) >= 11 is 0. The summed E-state index contributed by atoms with van der Waals surface area (Å²) in [6.07, 6.45) is 3.75. The van der Waals surface area contributed by atoms with Crippen LogP contribution in [-0.2, 0) is 0 Å². The Bertz CT molecular complexity index is 310. The zero-order chi connectivity index (χ0) is 10.1. The van der Waals surface area contributed by atoms with Gasteiger partial charge in [-0.05, 0) is 38.2 Å². The molecule has 1 fully saturated rings. The molecule has 0 radical (unpaired) electrons. The average Bonchev–Trinajstić information content (AvgIpc) is 2.49. The van der Waals surface area contributed by atoms with E-state index in [0.717, 1.165) is 0 Å². The van der Waals surface area contributed by atoms with Crippen LogP contribution in [0.3, 0.4) is 0 Å². The lowest BCUT2D eigenvalue weighted by atomic mass is 9.92. The predicted molar refractivity (Wildman–Crippen MR) is 60.5 cm³/mol. The molecule has 2 rings (SSSR count). The smallest absolute Gasteiger partial charge is 0.0108 e. The number of hydrogen-bond donors (Lipinski definition) is 1. The number of hydrogen-bond acceptors (Lipinski definition) is 1. The van der Waals surface area contributed by atoms with Crippen LogP contribution in [0, 0.1) is 13.8 Å². The number of nitrogens with two attached hydrogens (primary N) is 1. The highest BCUT2D eigenvalue weighted by Crippen LogP contribution is 2.33. The molecule has 1 nitrogen and oxygen atoms in total. The molecule has 0 amide bonds. The first-order valence-electron chi connectivity index (χ1n) is 5.50. The highest BCUT2D eigenvalue weighted by molar-refractivity contribution is 5.32. The first-order chi connectivity index (χ1) is 6.66. The van der Waals surface area contributed by atoms with Crippen molar-refractivity contribution < 1.29 is 0 Å². The monoisotopic (exact) mass is 189 g/mol. The van der Waals surface area contributed by atoms with Gasteiger partial charge in [0, 0.05) is 6.04 Å². The standard InChI is InChI=1S/C13H19N/c1-9-6-10(2)8-11(7-9)12-4-3-5-13(12)14/h6-8,12-13H,3-5,14H2,1-2H3/t12-,13-/m0/s1. The molecule has 1 aliphatic carbocycles. The maximum atomic E-state index is 6.11. The lowest BCUT2D eigenvalue weighted by Crippen LogP contribution is -2.22. The van der Waals surface area contributed by atoms with Crippen LogP contribution >= 0.6 is 0 Å². The van der Waals surface area contributed by atoms with E-state index in [1.54, 1.807) is 0 Å². The summed E-state index contributed by atoms with van der Waals surface area (Å²) in [6, 6.07) is 7.20. The van der Waals surface area contributed by atoms with Gasteiger partial charge in [0.15, 0.2) is 0 Å². The molecule has 0 saturated heterocycles. The summed E-state index contributed by atoms with van der Waals surface area (Å²) in [5.41, 5.74) is 10.3. The lowest BCUT2D eigenvalue weighted by molar-refractivity contribution is 0.612. The SMILES string of the molecule is Cc1cc(C)cc([C@@H]2CCC[C@@H]2N)c1. The first-order valence-corrected chi connectivity index (χ1v) is 5.50. The molecular formula is C13H19N. The van der Waals surface area contributed by atoms with E-state index in [4.69, 9.17) is 5.73 Å². The van der Waals surface area contributed by atoms with Gasteiger partial charge in [0.25, 0.3) is 0 Å². The highest BCUT2D eigenvalue weighted by atomic mass is 14.7. The van der Waals surface area contributed by atoms with Gasteiger partial charge in [-0.15, -0.1) is 0 Å². The van der Waals surface area contributed by atoms with E-state index in [1.807, 2.05) is 0 Å². The molecule has 0 aromatic heterocycles. The highest BCUT2D eigenvalue weighted by Gasteiger charge is 2.25. The first kappa shape index (κ1) is 9.72. The van der Waals surface area contributed by atoms with Crippen molar-refractivity contribution in [3.8, 4) is 0 Å². The molecule has 0 bridgehead atoms. The van der Waals surface area contributed by atoms with E-state index >= 15 is 0 Å². The Morgan fingerprint density at radius 3 is 2.21 bits per heavy atom. The Morgan fingerprint density at radius 2 is 1.71 bits per heavy atom. The number of benzene rings is 1. The molecule has 2 atom stereocenters. The van der Waals surface area contributed by atoms with E-state index < -0.39 is 0 Å². The Morgan fingerprint density at radius 1 is 1.07 bits per heavy atom. The second-order valence-corrected chi connectivity index (χ2v) is 4.62. The minimum atomic E-state index is 0.385. The largest absolute Gasteiger partial charge is 0.327 e. The summed E-state index contributed by atoms with van der Waals surface area (Å²) in [5, 5.41) is 0. The van der Waals surface area contributed by atoms with Crippen LogP contribution in [0.25, 0.3) is 0 Å². The van der Waals surface area contributed by atoms with Gasteiger partial charge in [0.2, 0.25) is 0 Å². The van der Waals surface area contributed by atoms with Crippen molar-refractivity contribution in [3.63, 3.8) is 0 Å². The van der Waals surface area contributed by atoms with E-state index in [0.29, 0.717) is 12.0 Å². The zero-order valence-electron chi connectivity index (χ0n) is 9.09. The Labute approximate surface area is 86.3 Å². The Balaban J connectivity index is 2.31. The molecule has 0 aliphatic heterocycles. The van der Waals surface area contributed by atoms with Crippen LogP contribution in [0.5, 0.6) is 0 Å². The molecule has 1 heteroatoms. The molecule has 0 heterocycles. The average molecular weight is 189 g/mol. The van der Waals surface area contributed by atoms with Crippen molar-refractivity contribution >= 4 is 0 Å². The zero-order valence-corrected chi connectivity index (χ0v) is 9.09. The quantitative estimate of drug-likeness (QED) is 0.722. The van der Waals surface area contributed by atoms with Crippen molar-refractivity contribution in [1.29, 1.82) is 0 Å². The molecule has 1 saturated carbocycles. The van der Waals surface area contributed by atoms with E-state index in [-0.39, 0.29) is 0 Å². The van der Waals surface area contributed by atoms with Gasteiger partial charge in [0.05, 0.1) is 0 Å². The molecular weight excluding hydrogens is 170 g/mol. The van der Waals surface area contributed by atoms with Gasteiger partial charge in [-0.25, -0.2) is 0 Å². The second-order valence-electron chi connectivity index (χ2n) is 4.62. The van der Waals surface area contributed by atoms with E-state index in [9.17, 15) is 0 Å². The lowest BCUT2D eigenvalue weighted by Gasteiger charge is -2.16. The molecule has 1 aliphatic rings. The third-order valence-electron chi connectivity index (χ3n) is 3.24. The summed E-state index contributed by atoms with van der Waals surface area (Å²) in [7, 11) is 0. The third-order valence-corrected chi connectivity index (χ3v) is 3.24. The van der Waals surface area contributed by atoms with Gasteiger partial charge in [0.1, 0.15) is 0 Å². The third kappa shape index (κ3) is 1.83. The topological polar surface area (TPSA) is 26.0 Å². The van der Waals surface area contributed by atoms with E-state index in [2.05, 4.69) is 32.0 Å². The van der Waals surface area contributed by atoms with Crippen LogP contribution < -0.4 is 5.73 Å². The second kappa shape index (κ2) is 3.74. The maximum absolute atomic E-state index is 6.11. The van der Waals surface area contributed by atoms with Gasteiger partial charge in [-0.3, -0.25) is 0 Å². The van der Waals surface area contributed by atoms with Crippen molar-refractivity contribution in [1.82, 2.24) is 0 Å². The molecule has 0 unspecified atom stereocenters. The predicted octanol–water partition coefficient (Wildman–Crippen LogP) is 2.90. The fourth-order valence-electron chi connectivity index (χ4n) is 2.63. The summed E-state index contributed by atoms with van der Waals surface area (Å²) in [4.78, 5) is 0. The van der Waals surface area contributed by atoms with Crippen LogP contribution in [0.4, 0.5) is 0 Å². The number of rotatable bonds is 1.